The number of hydrogen-bond acceptors (Lipinski definition) is 3. The summed E-state index contributed by atoms with van der Waals surface area (Å²) in [7, 11) is 0. The molecule has 4 heteroatoms. The normalized spacial score (nSPS) is 11.0. The van der Waals surface area contributed by atoms with E-state index in [1.165, 1.54) is 0 Å². The predicted octanol–water partition coefficient (Wildman–Crippen LogP) is 2.79. The maximum absolute atomic E-state index is 11.5. The fraction of sp³-hybridized carbons (Fsp3) is 0.625. The van der Waals surface area contributed by atoms with E-state index >= 15 is 0 Å². The largest absolute Gasteiger partial charge is 0.375 e. The molecule has 0 rings (SSSR count). The highest BCUT2D eigenvalue weighted by atomic mass is 16.5. The number of hydrogen-bond donors (Lipinski definition) is 1. The lowest BCUT2D eigenvalue weighted by molar-refractivity contribution is -0.117. The van der Waals surface area contributed by atoms with Gasteiger partial charge in [0.05, 0.1) is 12.7 Å². The smallest absolute Gasteiger partial charge is 0.246 e. The van der Waals surface area contributed by atoms with Crippen LogP contribution in [0.3, 0.4) is 0 Å². The first kappa shape index (κ1) is 18.6. The summed E-state index contributed by atoms with van der Waals surface area (Å²) in [5.41, 5.74) is 0.522. The van der Waals surface area contributed by atoms with Gasteiger partial charge in [0.25, 0.3) is 0 Å². The third-order valence-electron chi connectivity index (χ3n) is 2.60. The summed E-state index contributed by atoms with van der Waals surface area (Å²) in [4.78, 5) is 22.7. The Morgan fingerprint density at radius 3 is 2.55 bits per heavy atom. The first-order chi connectivity index (χ1) is 9.43. The van der Waals surface area contributed by atoms with E-state index in [0.717, 1.165) is 19.3 Å². The predicted molar refractivity (Wildman–Crippen MR) is 81.5 cm³/mol. The van der Waals surface area contributed by atoms with Crippen LogP contribution in [0.25, 0.3) is 0 Å². The summed E-state index contributed by atoms with van der Waals surface area (Å²) in [6.07, 6.45) is 6.74. The van der Waals surface area contributed by atoms with Crippen molar-refractivity contribution in [2.45, 2.75) is 52.6 Å². The van der Waals surface area contributed by atoms with Crippen molar-refractivity contribution in [1.82, 2.24) is 5.32 Å². The molecule has 0 saturated heterocycles. The lowest BCUT2D eigenvalue weighted by Crippen LogP contribution is -2.24. The molecule has 0 heterocycles. The van der Waals surface area contributed by atoms with Gasteiger partial charge in [-0.3, -0.25) is 9.59 Å². The van der Waals surface area contributed by atoms with Crippen molar-refractivity contribution >= 4 is 11.7 Å². The Hall–Kier alpha value is -1.42. The molecule has 0 aromatic rings. The van der Waals surface area contributed by atoms with Crippen molar-refractivity contribution in [2.75, 3.05) is 13.2 Å². The molecule has 0 unspecified atom stereocenters. The Labute approximate surface area is 122 Å². The minimum Gasteiger partial charge on any atom is -0.375 e. The molecule has 0 atom stereocenters. The second-order valence-corrected chi connectivity index (χ2v) is 5.10. The van der Waals surface area contributed by atoms with Gasteiger partial charge in [-0.1, -0.05) is 19.1 Å². The second-order valence-electron chi connectivity index (χ2n) is 5.10. The number of ketones is 1. The van der Waals surface area contributed by atoms with Crippen molar-refractivity contribution in [3.63, 3.8) is 0 Å². The van der Waals surface area contributed by atoms with Gasteiger partial charge in [-0.05, 0) is 39.7 Å². The molecule has 1 N–H and O–H groups in total. The Bertz CT molecular complexity index is 346. The number of rotatable bonds is 11. The van der Waals surface area contributed by atoms with Crippen molar-refractivity contribution in [3.8, 4) is 0 Å². The molecule has 114 valence electrons. The standard InChI is InChI=1S/C16H27NO3/c1-13(2)16(19)17-11-7-5-6-9-15(18)10-8-12-20-14(3)4/h8,10,14H,1,5-7,9,11-12H2,2-4H3,(H,17,19)/b10-8+. The van der Waals surface area contributed by atoms with Crippen LogP contribution >= 0.6 is 0 Å². The molecule has 0 aliphatic heterocycles. The summed E-state index contributed by atoms with van der Waals surface area (Å²) in [6.45, 7) is 10.3. The highest BCUT2D eigenvalue weighted by Crippen LogP contribution is 2.01. The molecule has 0 fully saturated rings. The fourth-order valence-electron chi connectivity index (χ4n) is 1.46. The van der Waals surface area contributed by atoms with Gasteiger partial charge in [0.1, 0.15) is 0 Å². The average molecular weight is 281 g/mol. The summed E-state index contributed by atoms with van der Waals surface area (Å²) in [5.74, 6) is 0.0255. The number of amides is 1. The van der Waals surface area contributed by atoms with E-state index in [-0.39, 0.29) is 17.8 Å². The van der Waals surface area contributed by atoms with Gasteiger partial charge in [-0.2, -0.15) is 0 Å². The van der Waals surface area contributed by atoms with E-state index in [1.54, 1.807) is 19.1 Å². The van der Waals surface area contributed by atoms with Crippen LogP contribution < -0.4 is 5.32 Å². The molecule has 0 aliphatic carbocycles. The van der Waals surface area contributed by atoms with E-state index < -0.39 is 0 Å². The van der Waals surface area contributed by atoms with Crippen LogP contribution in [0.2, 0.25) is 0 Å². The molecule has 1 amide bonds. The second kappa shape index (κ2) is 11.4. The van der Waals surface area contributed by atoms with Crippen LogP contribution in [0.5, 0.6) is 0 Å². The maximum Gasteiger partial charge on any atom is 0.246 e. The van der Waals surface area contributed by atoms with Crippen LogP contribution in [0.15, 0.2) is 24.3 Å². The third kappa shape index (κ3) is 11.7. The molecule has 20 heavy (non-hydrogen) atoms. The van der Waals surface area contributed by atoms with Crippen molar-refractivity contribution in [2.24, 2.45) is 0 Å². The van der Waals surface area contributed by atoms with Gasteiger partial charge >= 0.3 is 0 Å². The highest BCUT2D eigenvalue weighted by Gasteiger charge is 2.00. The van der Waals surface area contributed by atoms with Crippen LogP contribution in [0.1, 0.15) is 46.5 Å². The Kier molecular flexibility index (Phi) is 10.6. The Morgan fingerprint density at radius 2 is 1.95 bits per heavy atom. The Morgan fingerprint density at radius 1 is 1.25 bits per heavy atom. The maximum atomic E-state index is 11.5. The number of carbonyl (C=O) groups is 2. The van der Waals surface area contributed by atoms with Crippen molar-refractivity contribution in [1.29, 1.82) is 0 Å². The lowest BCUT2D eigenvalue weighted by Gasteiger charge is -2.04. The molecule has 0 aliphatic rings. The van der Waals surface area contributed by atoms with E-state index in [2.05, 4.69) is 11.9 Å². The number of allylic oxidation sites excluding steroid dienone is 1. The first-order valence-corrected chi connectivity index (χ1v) is 7.18. The molecule has 0 aromatic carbocycles. The average Bonchev–Trinajstić information content (AvgIpc) is 2.38. The fourth-order valence-corrected chi connectivity index (χ4v) is 1.46. The Balaban J connectivity index is 3.48. The summed E-state index contributed by atoms with van der Waals surface area (Å²) in [6, 6.07) is 0. The molecular weight excluding hydrogens is 254 g/mol. The number of unbranched alkanes of at least 4 members (excludes halogenated alkanes) is 2. The molecule has 0 saturated carbocycles. The van der Waals surface area contributed by atoms with E-state index in [1.807, 2.05) is 13.8 Å². The van der Waals surface area contributed by atoms with Crippen molar-refractivity contribution < 1.29 is 14.3 Å². The van der Waals surface area contributed by atoms with Gasteiger partial charge < -0.3 is 10.1 Å². The first-order valence-electron chi connectivity index (χ1n) is 7.18. The third-order valence-corrected chi connectivity index (χ3v) is 2.60. The molecular formula is C16H27NO3. The van der Waals surface area contributed by atoms with E-state index in [9.17, 15) is 9.59 Å². The summed E-state index contributed by atoms with van der Waals surface area (Å²) < 4.78 is 5.31. The van der Waals surface area contributed by atoms with Gasteiger partial charge in [-0.25, -0.2) is 0 Å². The highest BCUT2D eigenvalue weighted by molar-refractivity contribution is 5.92. The quantitative estimate of drug-likeness (QED) is 0.468. The number of ether oxygens (including phenoxy) is 1. The van der Waals surface area contributed by atoms with E-state index in [4.69, 9.17) is 4.74 Å². The van der Waals surface area contributed by atoms with Crippen molar-refractivity contribution in [3.05, 3.63) is 24.3 Å². The lowest BCUT2D eigenvalue weighted by atomic mass is 10.1. The molecule has 0 bridgehead atoms. The summed E-state index contributed by atoms with van der Waals surface area (Å²) >= 11 is 0. The molecule has 0 radical (unpaired) electrons. The molecule has 0 spiro atoms. The topological polar surface area (TPSA) is 55.4 Å². The minimum absolute atomic E-state index is 0.103. The van der Waals surface area contributed by atoms with Gasteiger partial charge in [0.15, 0.2) is 5.78 Å². The van der Waals surface area contributed by atoms with Crippen LogP contribution in [0, 0.1) is 0 Å². The zero-order chi connectivity index (χ0) is 15.4. The number of carbonyl (C=O) groups excluding carboxylic acids is 2. The van der Waals surface area contributed by atoms with Gasteiger partial charge in [0.2, 0.25) is 5.91 Å². The SMILES string of the molecule is C=C(C)C(=O)NCCCCCC(=O)/C=C/COC(C)C. The molecule has 4 nitrogen and oxygen atoms in total. The van der Waals surface area contributed by atoms with Crippen LogP contribution in [-0.2, 0) is 14.3 Å². The minimum atomic E-state index is -0.103. The van der Waals surface area contributed by atoms with Gasteiger partial charge in [-0.15, -0.1) is 0 Å². The zero-order valence-electron chi connectivity index (χ0n) is 12.9. The summed E-state index contributed by atoms with van der Waals surface area (Å²) in [5, 5.41) is 2.77. The number of nitrogens with one attached hydrogen (secondary N) is 1. The monoisotopic (exact) mass is 281 g/mol. The van der Waals surface area contributed by atoms with Crippen LogP contribution in [-0.4, -0.2) is 30.9 Å². The zero-order valence-corrected chi connectivity index (χ0v) is 12.9. The van der Waals surface area contributed by atoms with Crippen LogP contribution in [0.4, 0.5) is 0 Å². The van der Waals surface area contributed by atoms with E-state index in [0.29, 0.717) is 25.1 Å². The van der Waals surface area contributed by atoms with Gasteiger partial charge in [0, 0.05) is 18.5 Å². The molecule has 0 aromatic heterocycles.